The largest absolute Gasteiger partial charge is 0.353 e. The Morgan fingerprint density at radius 3 is 2.48 bits per heavy atom. The number of hydrogen-bond acceptors (Lipinski definition) is 7. The lowest BCUT2D eigenvalue weighted by molar-refractivity contribution is -0.383. The first-order valence-corrected chi connectivity index (χ1v) is 8.10. The molecule has 2 N–H and O–H groups in total. The molecular weight excluding hydrogens is 412 g/mol. The van der Waals surface area contributed by atoms with Gasteiger partial charge >= 0.3 is 5.69 Å². The lowest BCUT2D eigenvalue weighted by atomic mass is 10.3. The molecule has 0 spiro atoms. The summed E-state index contributed by atoms with van der Waals surface area (Å²) in [5.74, 6) is 0.486. The van der Waals surface area contributed by atoms with Gasteiger partial charge in [-0.1, -0.05) is 17.7 Å². The third-order valence-electron chi connectivity index (χ3n) is 3.07. The minimum atomic E-state index is -0.561. The second-order valence-corrected chi connectivity index (χ2v) is 6.15. The van der Waals surface area contributed by atoms with Gasteiger partial charge in [-0.25, -0.2) is 15.0 Å². The highest BCUT2D eigenvalue weighted by molar-refractivity contribution is 9.10. The lowest BCUT2D eigenvalue weighted by Crippen LogP contribution is -2.06. The Labute approximate surface area is 155 Å². The number of benzene rings is 1. The maximum atomic E-state index is 11.5. The summed E-state index contributed by atoms with van der Waals surface area (Å²) in [6, 6.07) is 10.2. The molecule has 0 fully saturated rings. The fourth-order valence-electron chi connectivity index (χ4n) is 2.01. The minimum absolute atomic E-state index is 0.0272. The molecular formula is C15H10BrClN6O2. The van der Waals surface area contributed by atoms with Crippen molar-refractivity contribution in [1.29, 1.82) is 0 Å². The van der Waals surface area contributed by atoms with Crippen molar-refractivity contribution < 1.29 is 4.92 Å². The zero-order valence-corrected chi connectivity index (χ0v) is 14.8. The minimum Gasteiger partial charge on any atom is -0.334 e. The third kappa shape index (κ3) is 4.20. The SMILES string of the molecule is O=[N+]([O-])c1c(Nc2cccc(Cl)c2)ncnc1Nc1ccc(Br)cn1. The van der Waals surface area contributed by atoms with Crippen LogP contribution in [-0.4, -0.2) is 19.9 Å². The zero-order valence-electron chi connectivity index (χ0n) is 12.5. The topological polar surface area (TPSA) is 106 Å². The van der Waals surface area contributed by atoms with E-state index in [0.29, 0.717) is 16.5 Å². The summed E-state index contributed by atoms with van der Waals surface area (Å²) in [4.78, 5) is 23.0. The molecule has 126 valence electrons. The molecule has 25 heavy (non-hydrogen) atoms. The second kappa shape index (κ2) is 7.41. The summed E-state index contributed by atoms with van der Waals surface area (Å²) >= 11 is 9.21. The van der Waals surface area contributed by atoms with E-state index in [0.717, 1.165) is 4.47 Å². The monoisotopic (exact) mass is 420 g/mol. The number of halogens is 2. The Morgan fingerprint density at radius 2 is 1.84 bits per heavy atom. The van der Waals surface area contributed by atoms with Crippen LogP contribution >= 0.6 is 27.5 Å². The summed E-state index contributed by atoms with van der Waals surface area (Å²) in [6.45, 7) is 0. The molecule has 0 aliphatic heterocycles. The van der Waals surface area contributed by atoms with Crippen molar-refractivity contribution in [3.63, 3.8) is 0 Å². The van der Waals surface area contributed by atoms with Crippen LogP contribution < -0.4 is 10.6 Å². The third-order valence-corrected chi connectivity index (χ3v) is 3.77. The Hall–Kier alpha value is -2.78. The molecule has 3 aromatic rings. The fraction of sp³-hybridized carbons (Fsp3) is 0. The van der Waals surface area contributed by atoms with Gasteiger partial charge in [0.15, 0.2) is 0 Å². The molecule has 0 radical (unpaired) electrons. The van der Waals surface area contributed by atoms with E-state index < -0.39 is 4.92 Å². The van der Waals surface area contributed by atoms with Crippen LogP contribution in [0.2, 0.25) is 5.02 Å². The van der Waals surface area contributed by atoms with Crippen molar-refractivity contribution in [3.8, 4) is 0 Å². The predicted molar refractivity (Wildman–Crippen MR) is 98.6 cm³/mol. The molecule has 0 aliphatic carbocycles. The van der Waals surface area contributed by atoms with E-state index in [-0.39, 0.29) is 17.3 Å². The molecule has 0 amide bonds. The fourth-order valence-corrected chi connectivity index (χ4v) is 2.43. The van der Waals surface area contributed by atoms with Gasteiger partial charge in [0.05, 0.1) is 4.92 Å². The Balaban J connectivity index is 1.96. The van der Waals surface area contributed by atoms with Crippen LogP contribution in [0.4, 0.5) is 28.8 Å². The van der Waals surface area contributed by atoms with Crippen LogP contribution in [0.1, 0.15) is 0 Å². The van der Waals surface area contributed by atoms with Gasteiger partial charge in [0, 0.05) is 21.4 Å². The second-order valence-electron chi connectivity index (χ2n) is 4.80. The molecule has 0 atom stereocenters. The first kappa shape index (κ1) is 17.1. The van der Waals surface area contributed by atoms with Crippen molar-refractivity contribution in [2.24, 2.45) is 0 Å². The van der Waals surface area contributed by atoms with E-state index in [1.54, 1.807) is 42.6 Å². The van der Waals surface area contributed by atoms with Crippen LogP contribution in [0, 0.1) is 10.1 Å². The smallest absolute Gasteiger partial charge is 0.334 e. The lowest BCUT2D eigenvalue weighted by Gasteiger charge is -2.10. The highest BCUT2D eigenvalue weighted by Gasteiger charge is 2.23. The van der Waals surface area contributed by atoms with Gasteiger partial charge in [0.25, 0.3) is 0 Å². The summed E-state index contributed by atoms with van der Waals surface area (Å²) in [7, 11) is 0. The number of nitrogens with one attached hydrogen (secondary N) is 2. The van der Waals surface area contributed by atoms with Gasteiger partial charge in [-0.2, -0.15) is 0 Å². The van der Waals surface area contributed by atoms with Gasteiger partial charge in [-0.05, 0) is 46.3 Å². The molecule has 2 aromatic heterocycles. The van der Waals surface area contributed by atoms with Crippen LogP contribution in [0.3, 0.4) is 0 Å². The van der Waals surface area contributed by atoms with E-state index in [1.165, 1.54) is 6.33 Å². The molecule has 1 aromatic carbocycles. The van der Waals surface area contributed by atoms with Crippen molar-refractivity contribution in [3.05, 3.63) is 68.5 Å². The van der Waals surface area contributed by atoms with E-state index in [1.807, 2.05) is 0 Å². The molecule has 0 bridgehead atoms. The summed E-state index contributed by atoms with van der Waals surface area (Å²) in [5, 5.41) is 17.7. The van der Waals surface area contributed by atoms with Gasteiger partial charge in [0.1, 0.15) is 12.1 Å². The number of nitrogens with zero attached hydrogens (tertiary/aromatic N) is 4. The number of rotatable bonds is 5. The Bertz CT molecular complexity index is 922. The van der Waals surface area contributed by atoms with Gasteiger partial charge in [-0.15, -0.1) is 0 Å². The highest BCUT2D eigenvalue weighted by atomic mass is 79.9. The number of nitro groups is 1. The Morgan fingerprint density at radius 1 is 1.08 bits per heavy atom. The van der Waals surface area contributed by atoms with E-state index in [2.05, 4.69) is 41.5 Å². The Kier molecular flexibility index (Phi) is 5.05. The quantitative estimate of drug-likeness (QED) is 0.455. The van der Waals surface area contributed by atoms with Crippen molar-refractivity contribution >= 4 is 56.4 Å². The zero-order chi connectivity index (χ0) is 17.8. The van der Waals surface area contributed by atoms with E-state index in [4.69, 9.17) is 11.6 Å². The van der Waals surface area contributed by atoms with Crippen LogP contribution in [-0.2, 0) is 0 Å². The van der Waals surface area contributed by atoms with Crippen LogP contribution in [0.25, 0.3) is 0 Å². The van der Waals surface area contributed by atoms with E-state index in [9.17, 15) is 10.1 Å². The van der Waals surface area contributed by atoms with Crippen LogP contribution in [0.15, 0.2) is 53.4 Å². The van der Waals surface area contributed by atoms with Gasteiger partial charge in [0.2, 0.25) is 11.6 Å². The summed E-state index contributed by atoms with van der Waals surface area (Å²) in [5.41, 5.74) is 0.272. The van der Waals surface area contributed by atoms with Crippen molar-refractivity contribution in [1.82, 2.24) is 15.0 Å². The molecule has 0 saturated heterocycles. The first-order chi connectivity index (χ1) is 12.0. The molecule has 0 unspecified atom stereocenters. The average molecular weight is 422 g/mol. The van der Waals surface area contributed by atoms with Crippen molar-refractivity contribution in [2.45, 2.75) is 0 Å². The number of aromatic nitrogens is 3. The highest BCUT2D eigenvalue weighted by Crippen LogP contribution is 2.33. The number of pyridine rings is 1. The number of hydrogen-bond donors (Lipinski definition) is 2. The number of anilines is 4. The first-order valence-electron chi connectivity index (χ1n) is 6.93. The van der Waals surface area contributed by atoms with Crippen molar-refractivity contribution in [2.75, 3.05) is 10.6 Å². The van der Waals surface area contributed by atoms with Crippen LogP contribution in [0.5, 0.6) is 0 Å². The molecule has 0 aliphatic rings. The summed E-state index contributed by atoms with van der Waals surface area (Å²) in [6.07, 6.45) is 2.79. The predicted octanol–water partition coefficient (Wildman–Crippen LogP) is 4.68. The molecule has 0 saturated carbocycles. The average Bonchev–Trinajstić information content (AvgIpc) is 2.57. The maximum absolute atomic E-state index is 11.5. The van der Waals surface area contributed by atoms with E-state index >= 15 is 0 Å². The molecule has 10 heteroatoms. The molecule has 3 rings (SSSR count). The molecule has 2 heterocycles. The van der Waals surface area contributed by atoms with Gasteiger partial charge < -0.3 is 10.6 Å². The molecule has 8 nitrogen and oxygen atoms in total. The maximum Gasteiger partial charge on any atom is 0.353 e. The standard InChI is InChI=1S/C15H10BrClN6O2/c16-9-4-5-12(18-7-9)22-15-13(23(24)25)14(19-8-20-15)21-11-3-1-2-10(17)6-11/h1-8H,(H2,18,19,20,21,22). The summed E-state index contributed by atoms with van der Waals surface area (Å²) < 4.78 is 0.790. The van der Waals surface area contributed by atoms with Gasteiger partial charge in [-0.3, -0.25) is 10.1 Å². The normalized spacial score (nSPS) is 10.3.